The van der Waals surface area contributed by atoms with Crippen LogP contribution in [-0.4, -0.2) is 41.6 Å². The number of alkyl halides is 1. The Morgan fingerprint density at radius 3 is 2.56 bits per heavy atom. The van der Waals surface area contributed by atoms with Crippen LogP contribution in [0.2, 0.25) is 5.02 Å². The van der Waals surface area contributed by atoms with Gasteiger partial charge in [-0.3, -0.25) is 4.90 Å². The van der Waals surface area contributed by atoms with Gasteiger partial charge in [0.05, 0.1) is 5.50 Å². The summed E-state index contributed by atoms with van der Waals surface area (Å²) < 4.78 is 0. The van der Waals surface area contributed by atoms with Crippen molar-refractivity contribution in [3.05, 3.63) is 23.4 Å². The molecule has 1 aliphatic rings. The standard InChI is InChI=1S/C11H15Cl2N3/c1-9(12)15-4-6-16(7-5-15)11-8-10(13)2-3-14-11/h2-3,8-9H,4-7H2,1H3. The Morgan fingerprint density at radius 2 is 2.00 bits per heavy atom. The number of halogens is 2. The molecule has 0 aliphatic carbocycles. The third kappa shape index (κ3) is 2.78. The number of anilines is 1. The molecular weight excluding hydrogens is 245 g/mol. The van der Waals surface area contributed by atoms with E-state index in [9.17, 15) is 0 Å². The van der Waals surface area contributed by atoms with Gasteiger partial charge in [-0.1, -0.05) is 11.6 Å². The molecule has 1 unspecified atom stereocenters. The molecule has 1 saturated heterocycles. The second-order valence-corrected chi connectivity index (χ2v) is 5.00. The van der Waals surface area contributed by atoms with Gasteiger partial charge < -0.3 is 4.90 Å². The highest BCUT2D eigenvalue weighted by atomic mass is 35.5. The molecule has 1 aromatic rings. The van der Waals surface area contributed by atoms with Crippen molar-refractivity contribution in [1.82, 2.24) is 9.88 Å². The summed E-state index contributed by atoms with van der Waals surface area (Å²) in [7, 11) is 0. The van der Waals surface area contributed by atoms with E-state index < -0.39 is 0 Å². The fraction of sp³-hybridized carbons (Fsp3) is 0.545. The molecule has 0 aromatic carbocycles. The Morgan fingerprint density at radius 1 is 1.31 bits per heavy atom. The average Bonchev–Trinajstić information content (AvgIpc) is 2.29. The van der Waals surface area contributed by atoms with Crippen molar-refractivity contribution in [2.24, 2.45) is 0 Å². The molecule has 0 N–H and O–H groups in total. The number of aromatic nitrogens is 1. The Kier molecular flexibility index (Phi) is 3.90. The van der Waals surface area contributed by atoms with Crippen molar-refractivity contribution in [2.75, 3.05) is 31.1 Å². The van der Waals surface area contributed by atoms with Gasteiger partial charge in [0.15, 0.2) is 0 Å². The summed E-state index contributed by atoms with van der Waals surface area (Å²) in [5, 5.41) is 0.734. The maximum absolute atomic E-state index is 6.05. The zero-order chi connectivity index (χ0) is 11.5. The number of nitrogens with zero attached hydrogens (tertiary/aromatic N) is 3. The van der Waals surface area contributed by atoms with E-state index in [-0.39, 0.29) is 5.50 Å². The molecule has 1 fully saturated rings. The van der Waals surface area contributed by atoms with Crippen LogP contribution in [0.4, 0.5) is 5.82 Å². The summed E-state index contributed by atoms with van der Waals surface area (Å²) in [6.07, 6.45) is 1.74. The van der Waals surface area contributed by atoms with Gasteiger partial charge in [-0.15, -0.1) is 11.6 Å². The maximum Gasteiger partial charge on any atom is 0.130 e. The van der Waals surface area contributed by atoms with Gasteiger partial charge in [0, 0.05) is 37.4 Å². The average molecular weight is 260 g/mol. The second kappa shape index (κ2) is 5.21. The van der Waals surface area contributed by atoms with Crippen LogP contribution in [0.25, 0.3) is 0 Å². The lowest BCUT2D eigenvalue weighted by molar-refractivity contribution is 0.246. The Labute approximate surface area is 106 Å². The zero-order valence-corrected chi connectivity index (χ0v) is 10.7. The first kappa shape index (κ1) is 12.0. The fourth-order valence-corrected chi connectivity index (χ4v) is 2.22. The van der Waals surface area contributed by atoms with Gasteiger partial charge in [-0.25, -0.2) is 4.98 Å². The first-order chi connectivity index (χ1) is 7.66. The van der Waals surface area contributed by atoms with Crippen molar-refractivity contribution in [3.63, 3.8) is 0 Å². The third-order valence-electron chi connectivity index (χ3n) is 2.85. The number of hydrogen-bond acceptors (Lipinski definition) is 3. The van der Waals surface area contributed by atoms with Crippen molar-refractivity contribution in [1.29, 1.82) is 0 Å². The highest BCUT2D eigenvalue weighted by molar-refractivity contribution is 6.30. The Balaban J connectivity index is 1.99. The van der Waals surface area contributed by atoms with Gasteiger partial charge in [0.2, 0.25) is 0 Å². The van der Waals surface area contributed by atoms with E-state index in [4.69, 9.17) is 23.2 Å². The molecule has 0 spiro atoms. The molecule has 1 aliphatic heterocycles. The van der Waals surface area contributed by atoms with Crippen LogP contribution in [0.5, 0.6) is 0 Å². The molecule has 0 saturated carbocycles. The SMILES string of the molecule is CC(Cl)N1CCN(c2cc(Cl)ccn2)CC1. The lowest BCUT2D eigenvalue weighted by atomic mass is 10.3. The summed E-state index contributed by atoms with van der Waals surface area (Å²) in [6, 6.07) is 3.70. The minimum absolute atomic E-state index is 0.106. The number of piperazine rings is 1. The van der Waals surface area contributed by atoms with E-state index in [0.29, 0.717) is 0 Å². The molecule has 2 heterocycles. The van der Waals surface area contributed by atoms with Crippen LogP contribution in [0.1, 0.15) is 6.92 Å². The maximum atomic E-state index is 6.05. The fourth-order valence-electron chi connectivity index (χ4n) is 1.87. The minimum atomic E-state index is 0.106. The predicted octanol–water partition coefficient (Wildman–Crippen LogP) is 2.44. The van der Waals surface area contributed by atoms with Crippen molar-refractivity contribution >= 4 is 29.0 Å². The molecule has 5 heteroatoms. The normalized spacial score (nSPS) is 19.8. The van der Waals surface area contributed by atoms with E-state index in [1.54, 1.807) is 12.3 Å². The highest BCUT2D eigenvalue weighted by Gasteiger charge is 2.20. The Hall–Kier alpha value is -0.510. The summed E-state index contributed by atoms with van der Waals surface area (Å²) in [5.41, 5.74) is 0.106. The van der Waals surface area contributed by atoms with Crippen LogP contribution in [0.3, 0.4) is 0 Å². The van der Waals surface area contributed by atoms with Crippen LogP contribution in [0, 0.1) is 0 Å². The molecule has 0 radical (unpaired) electrons. The zero-order valence-electron chi connectivity index (χ0n) is 9.24. The molecule has 3 nitrogen and oxygen atoms in total. The van der Waals surface area contributed by atoms with Crippen LogP contribution in [-0.2, 0) is 0 Å². The van der Waals surface area contributed by atoms with Crippen LogP contribution < -0.4 is 4.90 Å². The molecular formula is C11H15Cl2N3. The number of rotatable bonds is 2. The topological polar surface area (TPSA) is 19.4 Å². The first-order valence-corrected chi connectivity index (χ1v) is 6.23. The van der Waals surface area contributed by atoms with Crippen LogP contribution in [0.15, 0.2) is 18.3 Å². The van der Waals surface area contributed by atoms with E-state index in [2.05, 4.69) is 14.8 Å². The second-order valence-electron chi connectivity index (χ2n) is 3.93. The molecule has 2 rings (SSSR count). The summed E-state index contributed by atoms with van der Waals surface area (Å²) in [5.74, 6) is 0.953. The minimum Gasteiger partial charge on any atom is -0.354 e. The van der Waals surface area contributed by atoms with Crippen molar-refractivity contribution in [3.8, 4) is 0 Å². The van der Waals surface area contributed by atoms with E-state index in [0.717, 1.165) is 37.0 Å². The summed E-state index contributed by atoms with van der Waals surface area (Å²) >= 11 is 12.0. The quantitative estimate of drug-likeness (QED) is 0.601. The van der Waals surface area contributed by atoms with Gasteiger partial charge in [-0.2, -0.15) is 0 Å². The van der Waals surface area contributed by atoms with Crippen molar-refractivity contribution in [2.45, 2.75) is 12.4 Å². The molecule has 0 bridgehead atoms. The molecule has 0 amide bonds. The molecule has 88 valence electrons. The monoisotopic (exact) mass is 259 g/mol. The summed E-state index contributed by atoms with van der Waals surface area (Å²) in [6.45, 7) is 5.85. The molecule has 1 atom stereocenters. The van der Waals surface area contributed by atoms with Crippen LogP contribution >= 0.6 is 23.2 Å². The van der Waals surface area contributed by atoms with Gasteiger partial charge >= 0.3 is 0 Å². The van der Waals surface area contributed by atoms with Gasteiger partial charge in [0.1, 0.15) is 5.82 Å². The van der Waals surface area contributed by atoms with E-state index >= 15 is 0 Å². The van der Waals surface area contributed by atoms with Crippen molar-refractivity contribution < 1.29 is 0 Å². The number of hydrogen-bond donors (Lipinski definition) is 0. The Bertz CT molecular complexity index is 349. The first-order valence-electron chi connectivity index (χ1n) is 5.41. The lowest BCUT2D eigenvalue weighted by Gasteiger charge is -2.36. The number of pyridine rings is 1. The largest absolute Gasteiger partial charge is 0.354 e. The summed E-state index contributed by atoms with van der Waals surface area (Å²) in [4.78, 5) is 8.81. The van der Waals surface area contributed by atoms with E-state index in [1.165, 1.54) is 0 Å². The molecule has 16 heavy (non-hydrogen) atoms. The smallest absolute Gasteiger partial charge is 0.130 e. The lowest BCUT2D eigenvalue weighted by Crippen LogP contribution is -2.48. The molecule has 1 aromatic heterocycles. The third-order valence-corrected chi connectivity index (χ3v) is 3.36. The predicted molar refractivity (Wildman–Crippen MR) is 68.3 cm³/mol. The highest BCUT2D eigenvalue weighted by Crippen LogP contribution is 2.18. The van der Waals surface area contributed by atoms with Gasteiger partial charge in [-0.05, 0) is 19.1 Å². The van der Waals surface area contributed by atoms with Gasteiger partial charge in [0.25, 0.3) is 0 Å². The van der Waals surface area contributed by atoms with E-state index in [1.807, 2.05) is 13.0 Å².